The van der Waals surface area contributed by atoms with Crippen LogP contribution in [0, 0.1) is 0 Å². The first-order valence-corrected chi connectivity index (χ1v) is 13.8. The number of carbonyl (C=O) groups is 2. The second kappa shape index (κ2) is 16.2. The number of para-hydroxylation sites is 1. The molecule has 0 heterocycles. The summed E-state index contributed by atoms with van der Waals surface area (Å²) in [5.41, 5.74) is 2.34. The summed E-state index contributed by atoms with van der Waals surface area (Å²) in [6.07, 6.45) is 7.49. The number of benzene rings is 3. The minimum absolute atomic E-state index is 0.133. The van der Waals surface area contributed by atoms with Crippen LogP contribution in [0.5, 0.6) is 11.5 Å². The molecule has 0 radical (unpaired) electrons. The van der Waals surface area contributed by atoms with Gasteiger partial charge < -0.3 is 19.7 Å². The van der Waals surface area contributed by atoms with Crippen LogP contribution >= 0.6 is 11.8 Å². The summed E-state index contributed by atoms with van der Waals surface area (Å²) in [7, 11) is 0. The molecule has 0 saturated carbocycles. The van der Waals surface area contributed by atoms with E-state index in [0.717, 1.165) is 47.6 Å². The van der Waals surface area contributed by atoms with E-state index >= 15 is 0 Å². The Kier molecular flexibility index (Phi) is 12.3. The first kappa shape index (κ1) is 28.9. The fourth-order valence-corrected chi connectivity index (χ4v) is 4.76. The first-order chi connectivity index (χ1) is 18.5. The molecule has 0 amide bonds. The van der Waals surface area contributed by atoms with Crippen molar-refractivity contribution in [3.8, 4) is 11.5 Å². The van der Waals surface area contributed by atoms with Crippen molar-refractivity contribution >= 4 is 29.8 Å². The molecule has 38 heavy (non-hydrogen) atoms. The van der Waals surface area contributed by atoms with E-state index < -0.39 is 11.9 Å². The van der Waals surface area contributed by atoms with Gasteiger partial charge in [-0.2, -0.15) is 11.8 Å². The Morgan fingerprint density at radius 3 is 2.03 bits per heavy atom. The summed E-state index contributed by atoms with van der Waals surface area (Å²) >= 11 is 1.71. The van der Waals surface area contributed by atoms with Gasteiger partial charge in [0.2, 0.25) is 0 Å². The third-order valence-electron chi connectivity index (χ3n) is 5.71. The lowest BCUT2D eigenvalue weighted by atomic mass is 10.1. The Balaban J connectivity index is 1.46. The van der Waals surface area contributed by atoms with Gasteiger partial charge in [-0.3, -0.25) is 4.79 Å². The maximum Gasteiger partial charge on any atom is 0.335 e. The fraction of sp³-hybridized carbons (Fsp3) is 0.290. The van der Waals surface area contributed by atoms with Crippen molar-refractivity contribution in [3.63, 3.8) is 0 Å². The maximum absolute atomic E-state index is 11.1. The molecule has 3 rings (SSSR count). The summed E-state index contributed by atoms with van der Waals surface area (Å²) in [6, 6.07) is 24.6. The van der Waals surface area contributed by atoms with Crippen LogP contribution in [0.2, 0.25) is 0 Å². The largest absolute Gasteiger partial charge is 0.494 e. The third kappa shape index (κ3) is 11.1. The molecular weight excluding hydrogens is 500 g/mol. The summed E-state index contributed by atoms with van der Waals surface area (Å²) in [6.45, 7) is 1.29. The SMILES string of the molecule is O=C(O)CCCSC(/C=C/c1ccc(OCCCCOc2ccccc2)cc1)Cc1ccc(C(=O)O)cc1. The third-order valence-corrected chi connectivity index (χ3v) is 6.98. The number of hydrogen-bond donors (Lipinski definition) is 2. The van der Waals surface area contributed by atoms with Gasteiger partial charge in [0, 0.05) is 11.7 Å². The van der Waals surface area contributed by atoms with Gasteiger partial charge in [0.25, 0.3) is 0 Å². The van der Waals surface area contributed by atoms with Crippen LogP contribution < -0.4 is 9.47 Å². The summed E-state index contributed by atoms with van der Waals surface area (Å²) < 4.78 is 11.6. The zero-order chi connectivity index (χ0) is 27.0. The Morgan fingerprint density at radius 2 is 1.42 bits per heavy atom. The second-order valence-corrected chi connectivity index (χ2v) is 10.1. The van der Waals surface area contributed by atoms with Gasteiger partial charge in [0.1, 0.15) is 11.5 Å². The minimum Gasteiger partial charge on any atom is -0.494 e. The smallest absolute Gasteiger partial charge is 0.335 e. The number of thioether (sulfide) groups is 1. The lowest BCUT2D eigenvalue weighted by Gasteiger charge is -2.13. The normalized spacial score (nSPS) is 11.8. The lowest BCUT2D eigenvalue weighted by molar-refractivity contribution is -0.137. The highest BCUT2D eigenvalue weighted by Gasteiger charge is 2.09. The first-order valence-electron chi connectivity index (χ1n) is 12.7. The molecule has 200 valence electrons. The average Bonchev–Trinajstić information content (AvgIpc) is 2.93. The number of ether oxygens (including phenoxy) is 2. The molecule has 1 atom stereocenters. The van der Waals surface area contributed by atoms with Crippen molar-refractivity contribution in [2.45, 2.75) is 37.4 Å². The molecule has 2 N–H and O–H groups in total. The lowest BCUT2D eigenvalue weighted by Crippen LogP contribution is -2.06. The molecule has 0 spiro atoms. The number of rotatable bonds is 17. The van der Waals surface area contributed by atoms with Gasteiger partial charge in [-0.15, -0.1) is 0 Å². The van der Waals surface area contributed by atoms with Gasteiger partial charge in [-0.25, -0.2) is 4.79 Å². The van der Waals surface area contributed by atoms with Crippen molar-refractivity contribution in [1.29, 1.82) is 0 Å². The summed E-state index contributed by atoms with van der Waals surface area (Å²) in [5, 5.41) is 18.2. The monoisotopic (exact) mass is 534 g/mol. The molecule has 3 aromatic carbocycles. The van der Waals surface area contributed by atoms with Crippen LogP contribution in [0.4, 0.5) is 0 Å². The standard InChI is InChI=1S/C31H34O6S/c32-30(33)9-6-22-38-29(23-25-10-15-26(16-11-25)31(34)35)19-14-24-12-17-28(18-13-24)37-21-5-4-20-36-27-7-2-1-3-8-27/h1-3,7-8,10-19,29H,4-6,9,20-23H2,(H,32,33)(H,34,35)/b19-14+. The van der Waals surface area contributed by atoms with Crippen LogP contribution in [-0.4, -0.2) is 46.4 Å². The zero-order valence-electron chi connectivity index (χ0n) is 21.3. The van der Waals surface area contributed by atoms with E-state index in [2.05, 4.69) is 12.2 Å². The zero-order valence-corrected chi connectivity index (χ0v) is 22.1. The Bertz CT molecular complexity index is 1140. The molecule has 0 aliphatic carbocycles. The van der Waals surface area contributed by atoms with E-state index in [1.54, 1.807) is 23.9 Å². The predicted molar refractivity (Wildman–Crippen MR) is 152 cm³/mol. The highest BCUT2D eigenvalue weighted by molar-refractivity contribution is 8.00. The van der Waals surface area contributed by atoms with Gasteiger partial charge in [-0.1, -0.05) is 54.6 Å². The molecule has 6 nitrogen and oxygen atoms in total. The molecule has 0 saturated heterocycles. The predicted octanol–water partition coefficient (Wildman–Crippen LogP) is 6.85. The summed E-state index contributed by atoms with van der Waals surface area (Å²) in [5.74, 6) is 0.709. The van der Waals surface area contributed by atoms with Crippen molar-refractivity contribution in [3.05, 3.63) is 102 Å². The van der Waals surface area contributed by atoms with E-state index in [4.69, 9.17) is 19.7 Å². The van der Waals surface area contributed by atoms with Crippen molar-refractivity contribution in [2.24, 2.45) is 0 Å². The molecule has 1 unspecified atom stereocenters. The Hall–Kier alpha value is -3.71. The number of unbranched alkanes of at least 4 members (excludes halogenated alkanes) is 1. The maximum atomic E-state index is 11.1. The van der Waals surface area contributed by atoms with Crippen LogP contribution in [-0.2, 0) is 11.2 Å². The van der Waals surface area contributed by atoms with Crippen LogP contribution in [0.3, 0.4) is 0 Å². The van der Waals surface area contributed by atoms with Crippen molar-refractivity contribution in [1.82, 2.24) is 0 Å². The highest BCUT2D eigenvalue weighted by atomic mass is 32.2. The van der Waals surface area contributed by atoms with E-state index in [0.29, 0.717) is 19.6 Å². The molecule has 0 aliphatic heterocycles. The number of aromatic carboxylic acids is 1. The Labute approximate surface area is 228 Å². The van der Waals surface area contributed by atoms with Crippen molar-refractivity contribution in [2.75, 3.05) is 19.0 Å². The van der Waals surface area contributed by atoms with Gasteiger partial charge >= 0.3 is 11.9 Å². The van der Waals surface area contributed by atoms with Crippen LogP contribution in [0.15, 0.2) is 84.9 Å². The number of aliphatic carboxylic acids is 1. The van der Waals surface area contributed by atoms with Gasteiger partial charge in [0.15, 0.2) is 0 Å². The number of hydrogen-bond acceptors (Lipinski definition) is 5. The fourth-order valence-electron chi connectivity index (χ4n) is 3.65. The molecule has 0 fully saturated rings. The molecule has 0 aliphatic rings. The number of carboxylic acid groups (broad SMARTS) is 2. The molecular formula is C31H34O6S. The molecule has 0 aromatic heterocycles. The van der Waals surface area contributed by atoms with E-state index in [1.165, 1.54) is 0 Å². The second-order valence-electron chi connectivity index (χ2n) is 8.76. The van der Waals surface area contributed by atoms with Crippen LogP contribution in [0.25, 0.3) is 6.08 Å². The summed E-state index contributed by atoms with van der Waals surface area (Å²) in [4.78, 5) is 22.0. The quantitative estimate of drug-likeness (QED) is 0.183. The van der Waals surface area contributed by atoms with Crippen LogP contribution in [0.1, 0.15) is 47.2 Å². The topological polar surface area (TPSA) is 93.1 Å². The minimum atomic E-state index is -0.944. The average molecular weight is 535 g/mol. The molecule has 0 bridgehead atoms. The van der Waals surface area contributed by atoms with E-state index in [9.17, 15) is 9.59 Å². The molecule has 7 heteroatoms. The number of carboxylic acids is 2. The Morgan fingerprint density at radius 1 is 0.789 bits per heavy atom. The van der Waals surface area contributed by atoms with E-state index in [-0.39, 0.29) is 17.2 Å². The van der Waals surface area contributed by atoms with Gasteiger partial charge in [-0.05, 0) is 79.0 Å². The molecule has 3 aromatic rings. The van der Waals surface area contributed by atoms with Crippen molar-refractivity contribution < 1.29 is 29.3 Å². The highest BCUT2D eigenvalue weighted by Crippen LogP contribution is 2.22. The van der Waals surface area contributed by atoms with Gasteiger partial charge in [0.05, 0.1) is 18.8 Å². The van der Waals surface area contributed by atoms with E-state index in [1.807, 2.05) is 66.7 Å².